The van der Waals surface area contributed by atoms with E-state index < -0.39 is 34.1 Å². The molecule has 0 aliphatic heterocycles. The molecule has 0 saturated carbocycles. The molecule has 1 atom stereocenters. The molecule has 0 fully saturated rings. The average Bonchev–Trinajstić information content (AvgIpc) is 2.84. The second kappa shape index (κ2) is 13.0. The Balaban J connectivity index is 2.09. The van der Waals surface area contributed by atoms with Crippen LogP contribution in [-0.2, 0) is 32.6 Å². The Morgan fingerprint density at radius 3 is 2.15 bits per heavy atom. The average molecular weight is 635 g/mol. The van der Waals surface area contributed by atoms with Crippen molar-refractivity contribution in [3.05, 3.63) is 99.5 Å². The van der Waals surface area contributed by atoms with Crippen LogP contribution in [0.25, 0.3) is 0 Å². The summed E-state index contributed by atoms with van der Waals surface area (Å²) < 4.78 is 27.3. The zero-order valence-electron chi connectivity index (χ0n) is 22.4. The molecule has 1 N–H and O–H groups in total. The molecule has 10 heteroatoms. The smallest absolute Gasteiger partial charge is 0.244 e. The van der Waals surface area contributed by atoms with Gasteiger partial charge in [0.25, 0.3) is 0 Å². The van der Waals surface area contributed by atoms with Crippen LogP contribution in [0.2, 0.25) is 5.02 Å². The van der Waals surface area contributed by atoms with Gasteiger partial charge in [-0.05, 0) is 72.1 Å². The van der Waals surface area contributed by atoms with Gasteiger partial charge < -0.3 is 10.2 Å². The molecule has 0 heterocycles. The van der Waals surface area contributed by atoms with E-state index >= 15 is 0 Å². The highest BCUT2D eigenvalue weighted by molar-refractivity contribution is 9.10. The van der Waals surface area contributed by atoms with E-state index in [0.717, 1.165) is 16.1 Å². The Morgan fingerprint density at radius 2 is 1.56 bits per heavy atom. The lowest BCUT2D eigenvalue weighted by molar-refractivity contribution is -0.140. The summed E-state index contributed by atoms with van der Waals surface area (Å²) >= 11 is 9.63. The molecule has 0 spiro atoms. The second-order valence-corrected chi connectivity index (χ2v) is 13.5. The van der Waals surface area contributed by atoms with Gasteiger partial charge in [-0.15, -0.1) is 0 Å². The summed E-state index contributed by atoms with van der Waals surface area (Å²) in [5.74, 6) is -0.866. The molecule has 0 saturated heterocycles. The van der Waals surface area contributed by atoms with Crippen molar-refractivity contribution in [3.63, 3.8) is 0 Å². The fourth-order valence-electron chi connectivity index (χ4n) is 4.09. The molecule has 0 unspecified atom stereocenters. The minimum Gasteiger partial charge on any atom is -0.350 e. The number of sulfonamides is 1. The first-order valence-electron chi connectivity index (χ1n) is 12.4. The number of rotatable bonds is 10. The monoisotopic (exact) mass is 633 g/mol. The maximum Gasteiger partial charge on any atom is 0.244 e. The molecule has 3 aromatic rings. The van der Waals surface area contributed by atoms with E-state index in [1.165, 1.54) is 4.90 Å². The van der Waals surface area contributed by atoms with Crippen LogP contribution in [0.4, 0.5) is 5.69 Å². The van der Waals surface area contributed by atoms with Gasteiger partial charge in [-0.1, -0.05) is 66.2 Å². The Morgan fingerprint density at radius 1 is 0.949 bits per heavy atom. The Kier molecular flexibility index (Phi) is 10.2. The first-order valence-corrected chi connectivity index (χ1v) is 15.4. The topological polar surface area (TPSA) is 86.8 Å². The number of nitrogens with zero attached hydrogens (tertiary/aromatic N) is 2. The van der Waals surface area contributed by atoms with Gasteiger partial charge in [0.2, 0.25) is 21.8 Å². The first-order chi connectivity index (χ1) is 18.2. The minimum atomic E-state index is -3.85. The summed E-state index contributed by atoms with van der Waals surface area (Å²) in [6.45, 7) is 5.17. The molecule has 7 nitrogen and oxygen atoms in total. The summed E-state index contributed by atoms with van der Waals surface area (Å²) in [5, 5.41) is 3.49. The van der Waals surface area contributed by atoms with Gasteiger partial charge >= 0.3 is 0 Å². The summed E-state index contributed by atoms with van der Waals surface area (Å²) in [6, 6.07) is 22.3. The fourth-order valence-corrected chi connectivity index (χ4v) is 5.78. The molecule has 39 heavy (non-hydrogen) atoms. The minimum absolute atomic E-state index is 0.0576. The van der Waals surface area contributed by atoms with E-state index in [1.54, 1.807) is 42.5 Å². The van der Waals surface area contributed by atoms with Crippen LogP contribution >= 0.6 is 27.5 Å². The molecular weight excluding hydrogens is 602 g/mol. The molecule has 0 aliphatic rings. The molecule has 0 aromatic heterocycles. The predicted octanol–water partition coefficient (Wildman–Crippen LogP) is 5.42. The Labute approximate surface area is 244 Å². The fraction of sp³-hybridized carbons (Fsp3) is 0.310. The van der Waals surface area contributed by atoms with Crippen LogP contribution in [0.15, 0.2) is 83.3 Å². The summed E-state index contributed by atoms with van der Waals surface area (Å²) in [6.07, 6.45) is 1.29. The first kappa shape index (κ1) is 30.7. The van der Waals surface area contributed by atoms with Gasteiger partial charge in [0, 0.05) is 28.0 Å². The van der Waals surface area contributed by atoms with Crippen molar-refractivity contribution in [3.8, 4) is 0 Å². The van der Waals surface area contributed by atoms with Crippen LogP contribution in [0.1, 0.15) is 31.9 Å². The van der Waals surface area contributed by atoms with Crippen molar-refractivity contribution in [1.82, 2.24) is 10.2 Å². The molecule has 208 valence electrons. The molecule has 0 bridgehead atoms. The van der Waals surface area contributed by atoms with E-state index in [-0.39, 0.29) is 18.9 Å². The lowest BCUT2D eigenvalue weighted by Crippen LogP contribution is -2.56. The van der Waals surface area contributed by atoms with E-state index in [2.05, 4.69) is 21.2 Å². The van der Waals surface area contributed by atoms with Crippen LogP contribution in [-0.4, -0.2) is 49.5 Å². The van der Waals surface area contributed by atoms with Gasteiger partial charge in [-0.25, -0.2) is 8.42 Å². The molecule has 3 rings (SSSR count). The zero-order chi connectivity index (χ0) is 28.8. The maximum atomic E-state index is 14.1. The number of carbonyl (C=O) groups is 2. The zero-order valence-corrected chi connectivity index (χ0v) is 25.6. The number of nitrogens with one attached hydrogen (secondary N) is 1. The molecular formula is C29H33BrClN3O4S. The third-order valence-electron chi connectivity index (χ3n) is 5.81. The lowest BCUT2D eigenvalue weighted by atomic mass is 10.0. The largest absolute Gasteiger partial charge is 0.350 e. The molecule has 0 radical (unpaired) electrons. The normalized spacial score (nSPS) is 12.5. The van der Waals surface area contributed by atoms with Gasteiger partial charge in [0.15, 0.2) is 0 Å². The molecule has 2 amide bonds. The maximum absolute atomic E-state index is 14.1. The van der Waals surface area contributed by atoms with Gasteiger partial charge in [-0.2, -0.15) is 0 Å². The molecule has 0 aliphatic carbocycles. The number of carbonyl (C=O) groups excluding carboxylic acids is 2. The predicted molar refractivity (Wildman–Crippen MR) is 160 cm³/mol. The highest BCUT2D eigenvalue weighted by Gasteiger charge is 2.34. The van der Waals surface area contributed by atoms with E-state index in [1.807, 2.05) is 57.2 Å². The van der Waals surface area contributed by atoms with Crippen LogP contribution in [0.3, 0.4) is 0 Å². The van der Waals surface area contributed by atoms with Crippen LogP contribution < -0.4 is 9.62 Å². The third-order valence-corrected chi connectivity index (χ3v) is 7.84. The quantitative estimate of drug-likeness (QED) is 0.323. The lowest BCUT2D eigenvalue weighted by Gasteiger charge is -2.35. The molecule has 3 aromatic carbocycles. The number of para-hydroxylation sites is 1. The third kappa shape index (κ3) is 9.08. The Bertz CT molecular complexity index is 1410. The van der Waals surface area contributed by atoms with Gasteiger partial charge in [-0.3, -0.25) is 13.9 Å². The van der Waals surface area contributed by atoms with E-state index in [9.17, 15) is 18.0 Å². The van der Waals surface area contributed by atoms with Crippen molar-refractivity contribution >= 4 is 55.1 Å². The number of hydrogen-bond acceptors (Lipinski definition) is 4. The van der Waals surface area contributed by atoms with Crippen molar-refractivity contribution in [2.75, 3.05) is 17.1 Å². The van der Waals surface area contributed by atoms with E-state index in [4.69, 9.17) is 11.6 Å². The summed E-state index contributed by atoms with van der Waals surface area (Å²) in [5.41, 5.74) is 1.35. The van der Waals surface area contributed by atoms with Crippen molar-refractivity contribution in [2.45, 2.75) is 45.3 Å². The standard InChI is InChI=1S/C29H33BrClN3O4S/c1-29(2,3)32-28(36)26(18-21-11-6-5-7-12-21)33(19-22-13-10-14-23(31)17-22)27(35)20-34(39(4,37)38)25-16-9-8-15-24(25)30/h5-17,26H,18-20H2,1-4H3,(H,32,36)/t26-/m0/s1. The number of halogens is 2. The SMILES string of the molecule is CC(C)(C)NC(=O)[C@H](Cc1ccccc1)N(Cc1cccc(Cl)c1)C(=O)CN(c1ccccc1Br)S(C)(=O)=O. The number of hydrogen-bond donors (Lipinski definition) is 1. The summed E-state index contributed by atoms with van der Waals surface area (Å²) in [7, 11) is -3.85. The Hall–Kier alpha value is -2.88. The van der Waals surface area contributed by atoms with Crippen molar-refractivity contribution in [1.29, 1.82) is 0 Å². The summed E-state index contributed by atoms with van der Waals surface area (Å²) in [4.78, 5) is 29.2. The van der Waals surface area contributed by atoms with Crippen molar-refractivity contribution < 1.29 is 18.0 Å². The van der Waals surface area contributed by atoms with Gasteiger partial charge in [0.05, 0.1) is 11.9 Å². The van der Waals surface area contributed by atoms with Crippen molar-refractivity contribution in [2.24, 2.45) is 0 Å². The van der Waals surface area contributed by atoms with E-state index in [0.29, 0.717) is 20.7 Å². The second-order valence-electron chi connectivity index (χ2n) is 10.3. The van der Waals surface area contributed by atoms with Crippen LogP contribution in [0, 0.1) is 0 Å². The van der Waals surface area contributed by atoms with Crippen LogP contribution in [0.5, 0.6) is 0 Å². The van der Waals surface area contributed by atoms with Gasteiger partial charge in [0.1, 0.15) is 12.6 Å². The number of amides is 2. The highest BCUT2D eigenvalue weighted by Crippen LogP contribution is 2.28. The highest BCUT2D eigenvalue weighted by atomic mass is 79.9. The number of benzene rings is 3. The number of anilines is 1.